The van der Waals surface area contributed by atoms with Crippen molar-refractivity contribution in [1.29, 1.82) is 0 Å². The van der Waals surface area contributed by atoms with Crippen molar-refractivity contribution < 1.29 is 14.3 Å². The molecule has 1 aromatic heterocycles. The molecule has 5 nitrogen and oxygen atoms in total. The molecule has 0 atom stereocenters. The lowest BCUT2D eigenvalue weighted by molar-refractivity contribution is -0.354. The number of nitrogens with one attached hydrogen (secondary N) is 1. The molecule has 4 saturated carbocycles. The second-order valence-electron chi connectivity index (χ2n) is 7.76. The van der Waals surface area contributed by atoms with Gasteiger partial charge in [-0.05, 0) is 70.1 Å². The van der Waals surface area contributed by atoms with E-state index in [-0.39, 0.29) is 11.3 Å². The summed E-state index contributed by atoms with van der Waals surface area (Å²) >= 11 is 0. The minimum atomic E-state index is -0.176. The van der Waals surface area contributed by atoms with Crippen molar-refractivity contribution in [2.75, 3.05) is 0 Å². The number of hydrogen-bond acceptors (Lipinski definition) is 3. The average molecular weight is 302 g/mol. The number of aromatic nitrogens is 1. The van der Waals surface area contributed by atoms with E-state index in [1.807, 2.05) is 0 Å². The first-order valence-corrected chi connectivity index (χ1v) is 8.34. The molecule has 0 aromatic carbocycles. The van der Waals surface area contributed by atoms with Gasteiger partial charge < -0.3 is 4.52 Å². The fraction of sp³-hybridized carbons (Fsp3) is 0.706. The van der Waals surface area contributed by atoms with Crippen LogP contribution in [0.5, 0.6) is 0 Å². The minimum absolute atomic E-state index is 0.0311. The number of nitrogens with two attached hydrogens (primary N) is 1. The van der Waals surface area contributed by atoms with Crippen LogP contribution >= 0.6 is 0 Å². The molecule has 5 heteroatoms. The van der Waals surface area contributed by atoms with Gasteiger partial charge in [0.15, 0.2) is 0 Å². The molecule has 118 valence electrons. The fourth-order valence-corrected chi connectivity index (χ4v) is 5.57. The van der Waals surface area contributed by atoms with Gasteiger partial charge in [0.2, 0.25) is 0 Å². The third kappa shape index (κ3) is 2.02. The highest BCUT2D eigenvalue weighted by atomic mass is 16.5. The summed E-state index contributed by atoms with van der Waals surface area (Å²) in [4.78, 5) is 15.5. The average Bonchev–Trinajstić information content (AvgIpc) is 2.76. The van der Waals surface area contributed by atoms with Gasteiger partial charge >= 0.3 is 5.91 Å². The Hall–Kier alpha value is -1.65. The van der Waals surface area contributed by atoms with E-state index in [2.05, 4.69) is 10.1 Å². The van der Waals surface area contributed by atoms with Crippen LogP contribution in [0.4, 0.5) is 0 Å². The number of amides is 1. The highest BCUT2D eigenvalue weighted by Crippen LogP contribution is 2.59. The molecule has 0 aliphatic heterocycles. The lowest BCUT2D eigenvalue weighted by Crippen LogP contribution is -2.83. The van der Waals surface area contributed by atoms with Gasteiger partial charge in [-0.3, -0.25) is 5.73 Å². The van der Waals surface area contributed by atoms with Crippen molar-refractivity contribution in [3.05, 3.63) is 17.0 Å². The molecular weight excluding hydrogens is 278 g/mol. The SMILES string of the molecule is Cc1noc(C)c1C(=O)[NH+]=C(N)C12CC3CC(CC(C3)C1)C2. The Bertz CT molecular complexity index is 604. The quantitative estimate of drug-likeness (QED) is 0.633. The first kappa shape index (κ1) is 14.0. The van der Waals surface area contributed by atoms with Gasteiger partial charge in [0, 0.05) is 0 Å². The van der Waals surface area contributed by atoms with Crippen molar-refractivity contribution in [2.24, 2.45) is 28.9 Å². The van der Waals surface area contributed by atoms with Gasteiger partial charge in [0.25, 0.3) is 5.84 Å². The summed E-state index contributed by atoms with van der Waals surface area (Å²) in [6.07, 6.45) is 7.53. The Balaban J connectivity index is 1.64. The van der Waals surface area contributed by atoms with Crippen LogP contribution in [-0.4, -0.2) is 16.9 Å². The summed E-state index contributed by atoms with van der Waals surface area (Å²) in [5.74, 6) is 3.47. The van der Waals surface area contributed by atoms with Crippen LogP contribution in [0.2, 0.25) is 0 Å². The van der Waals surface area contributed by atoms with Gasteiger partial charge in [-0.1, -0.05) is 5.16 Å². The standard InChI is InChI=1S/C17H23N3O2/c1-9-14(10(2)22-20-9)15(21)19-16(18)17-6-11-3-12(7-17)5-13(4-11)8-17/h11-13H,3-8H2,1-2H3,(H2,18,19,21)/p+1. The highest BCUT2D eigenvalue weighted by Gasteiger charge is 2.55. The van der Waals surface area contributed by atoms with E-state index in [1.165, 1.54) is 19.3 Å². The molecule has 4 bridgehead atoms. The molecule has 0 spiro atoms. The summed E-state index contributed by atoms with van der Waals surface area (Å²) in [7, 11) is 0. The molecule has 4 fully saturated rings. The molecule has 22 heavy (non-hydrogen) atoms. The minimum Gasteiger partial charge on any atom is -0.360 e. The molecule has 5 rings (SSSR count). The Morgan fingerprint density at radius 3 is 2.18 bits per heavy atom. The third-order valence-electron chi connectivity index (χ3n) is 6.12. The molecule has 0 unspecified atom stereocenters. The molecule has 0 radical (unpaired) electrons. The number of amidine groups is 1. The highest BCUT2D eigenvalue weighted by molar-refractivity contribution is 5.93. The smallest absolute Gasteiger partial charge is 0.344 e. The Labute approximate surface area is 130 Å². The predicted molar refractivity (Wildman–Crippen MR) is 81.1 cm³/mol. The number of aryl methyl sites for hydroxylation is 2. The van der Waals surface area contributed by atoms with Gasteiger partial charge in [0.1, 0.15) is 11.3 Å². The van der Waals surface area contributed by atoms with Crippen LogP contribution in [0.15, 0.2) is 4.52 Å². The summed E-state index contributed by atoms with van der Waals surface area (Å²) < 4.78 is 5.09. The van der Waals surface area contributed by atoms with Crippen LogP contribution in [-0.2, 0) is 0 Å². The molecule has 1 heterocycles. The van der Waals surface area contributed by atoms with E-state index in [9.17, 15) is 4.79 Å². The Kier molecular flexibility index (Phi) is 2.97. The molecule has 1 amide bonds. The topological polar surface area (TPSA) is 83.1 Å². The van der Waals surface area contributed by atoms with Crippen LogP contribution in [0.25, 0.3) is 0 Å². The zero-order valence-corrected chi connectivity index (χ0v) is 13.3. The summed E-state index contributed by atoms with van der Waals surface area (Å²) in [5, 5.41) is 3.85. The van der Waals surface area contributed by atoms with Gasteiger partial charge in [0.05, 0.1) is 11.1 Å². The van der Waals surface area contributed by atoms with E-state index in [0.717, 1.165) is 37.0 Å². The first-order chi connectivity index (χ1) is 10.5. The van der Waals surface area contributed by atoms with E-state index >= 15 is 0 Å². The number of carbonyl (C=O) groups is 1. The maximum absolute atomic E-state index is 12.5. The van der Waals surface area contributed by atoms with Crippen molar-refractivity contribution in [2.45, 2.75) is 52.4 Å². The van der Waals surface area contributed by atoms with Gasteiger partial charge in [-0.15, -0.1) is 0 Å². The van der Waals surface area contributed by atoms with Crippen molar-refractivity contribution >= 4 is 11.7 Å². The Morgan fingerprint density at radius 2 is 1.73 bits per heavy atom. The largest absolute Gasteiger partial charge is 0.360 e. The third-order valence-corrected chi connectivity index (χ3v) is 6.12. The molecular formula is C17H24N3O2+. The number of nitrogens with zero attached hydrogens (tertiary/aromatic N) is 1. The number of carbonyl (C=O) groups excluding carboxylic acids is 1. The maximum atomic E-state index is 12.5. The predicted octanol–water partition coefficient (Wildman–Crippen LogP) is 1.09. The fourth-order valence-electron chi connectivity index (χ4n) is 5.57. The van der Waals surface area contributed by atoms with Crippen LogP contribution < -0.4 is 10.7 Å². The second-order valence-corrected chi connectivity index (χ2v) is 7.76. The molecule has 4 aliphatic rings. The lowest BCUT2D eigenvalue weighted by Gasteiger charge is -2.54. The first-order valence-electron chi connectivity index (χ1n) is 8.34. The Morgan fingerprint density at radius 1 is 1.18 bits per heavy atom. The maximum Gasteiger partial charge on any atom is 0.344 e. The van der Waals surface area contributed by atoms with Crippen molar-refractivity contribution in [3.8, 4) is 0 Å². The van der Waals surface area contributed by atoms with E-state index in [4.69, 9.17) is 10.3 Å². The van der Waals surface area contributed by atoms with Crippen molar-refractivity contribution in [3.63, 3.8) is 0 Å². The lowest BCUT2D eigenvalue weighted by atomic mass is 9.49. The summed E-state index contributed by atoms with van der Waals surface area (Å²) in [5.41, 5.74) is 7.58. The number of rotatable bonds is 2. The second kappa shape index (κ2) is 4.67. The monoisotopic (exact) mass is 302 g/mol. The molecule has 0 saturated heterocycles. The van der Waals surface area contributed by atoms with E-state index < -0.39 is 0 Å². The summed E-state index contributed by atoms with van der Waals surface area (Å²) in [6.45, 7) is 3.54. The van der Waals surface area contributed by atoms with Crippen LogP contribution in [0.3, 0.4) is 0 Å². The normalized spacial score (nSPS) is 36.8. The van der Waals surface area contributed by atoms with E-state index in [0.29, 0.717) is 22.9 Å². The van der Waals surface area contributed by atoms with Gasteiger partial charge in [-0.25, -0.2) is 9.79 Å². The van der Waals surface area contributed by atoms with Gasteiger partial charge in [-0.2, -0.15) is 0 Å². The zero-order chi connectivity index (χ0) is 15.5. The van der Waals surface area contributed by atoms with Crippen molar-refractivity contribution in [1.82, 2.24) is 5.16 Å². The molecule has 4 aliphatic carbocycles. The molecule has 3 N–H and O–H groups in total. The molecule has 1 aromatic rings. The number of hydrogen-bond donors (Lipinski definition) is 2. The van der Waals surface area contributed by atoms with Crippen LogP contribution in [0.1, 0.15) is 60.3 Å². The van der Waals surface area contributed by atoms with E-state index in [1.54, 1.807) is 13.8 Å². The van der Waals surface area contributed by atoms with Crippen LogP contribution in [0, 0.1) is 37.0 Å². The zero-order valence-electron chi connectivity index (χ0n) is 13.3. The summed E-state index contributed by atoms with van der Waals surface area (Å²) in [6, 6.07) is 0.